The number of para-hydroxylation sites is 1. The van der Waals surface area contributed by atoms with E-state index in [2.05, 4.69) is 41.7 Å². The molecule has 0 amide bonds. The molecule has 0 saturated heterocycles. The van der Waals surface area contributed by atoms with Gasteiger partial charge < -0.3 is 10.1 Å². The van der Waals surface area contributed by atoms with Gasteiger partial charge in [0.05, 0.1) is 16.7 Å². The van der Waals surface area contributed by atoms with Crippen LogP contribution in [0.5, 0.6) is 5.75 Å². The van der Waals surface area contributed by atoms with Gasteiger partial charge in [-0.05, 0) is 35.1 Å². The SMILES string of the molecule is O=[N+]([O-])c1ccc(C2Nc3c(OCc4ccccc4)cccc3C3C=CCC32)cc1. The molecule has 5 heteroatoms. The lowest BCUT2D eigenvalue weighted by Crippen LogP contribution is -2.29. The van der Waals surface area contributed by atoms with Gasteiger partial charge in [-0.15, -0.1) is 0 Å². The molecule has 1 aliphatic carbocycles. The molecule has 0 bridgehead atoms. The third-order valence-corrected chi connectivity index (χ3v) is 6.06. The van der Waals surface area contributed by atoms with Gasteiger partial charge in [0, 0.05) is 18.1 Å². The van der Waals surface area contributed by atoms with Crippen molar-refractivity contribution in [2.45, 2.75) is 25.0 Å². The molecule has 30 heavy (non-hydrogen) atoms. The number of allylic oxidation sites excluding steroid dienone is 2. The van der Waals surface area contributed by atoms with Gasteiger partial charge in [-0.25, -0.2) is 0 Å². The molecular weight excluding hydrogens is 376 g/mol. The number of nitrogens with zero attached hydrogens (tertiary/aromatic N) is 1. The van der Waals surface area contributed by atoms with E-state index in [9.17, 15) is 10.1 Å². The summed E-state index contributed by atoms with van der Waals surface area (Å²) in [6.07, 6.45) is 5.50. The van der Waals surface area contributed by atoms with E-state index in [0.717, 1.165) is 29.0 Å². The Bertz CT molecular complexity index is 1090. The number of benzene rings is 3. The van der Waals surface area contributed by atoms with E-state index in [4.69, 9.17) is 4.74 Å². The lowest BCUT2D eigenvalue weighted by atomic mass is 9.77. The molecule has 3 aromatic carbocycles. The first kappa shape index (κ1) is 18.4. The van der Waals surface area contributed by atoms with E-state index in [1.54, 1.807) is 12.1 Å². The molecule has 0 radical (unpaired) electrons. The van der Waals surface area contributed by atoms with E-state index in [1.165, 1.54) is 5.56 Å². The Kier molecular flexibility index (Phi) is 4.71. The largest absolute Gasteiger partial charge is 0.487 e. The van der Waals surface area contributed by atoms with Gasteiger partial charge in [-0.1, -0.05) is 66.7 Å². The van der Waals surface area contributed by atoms with Crippen molar-refractivity contribution in [2.24, 2.45) is 5.92 Å². The number of hydrogen-bond donors (Lipinski definition) is 1. The van der Waals surface area contributed by atoms with Crippen LogP contribution in [0, 0.1) is 16.0 Å². The summed E-state index contributed by atoms with van der Waals surface area (Å²) in [5, 5.41) is 14.7. The molecule has 2 aliphatic rings. The zero-order valence-corrected chi connectivity index (χ0v) is 16.4. The monoisotopic (exact) mass is 398 g/mol. The predicted molar refractivity (Wildman–Crippen MR) is 117 cm³/mol. The van der Waals surface area contributed by atoms with E-state index >= 15 is 0 Å². The van der Waals surface area contributed by atoms with Crippen molar-refractivity contribution in [1.29, 1.82) is 0 Å². The van der Waals surface area contributed by atoms with Crippen molar-refractivity contribution < 1.29 is 9.66 Å². The number of rotatable bonds is 5. The normalized spacial score (nSPS) is 21.4. The summed E-state index contributed by atoms with van der Waals surface area (Å²) in [6, 6.07) is 23.3. The highest BCUT2D eigenvalue weighted by molar-refractivity contribution is 5.67. The van der Waals surface area contributed by atoms with Crippen LogP contribution in [0.3, 0.4) is 0 Å². The maximum absolute atomic E-state index is 11.0. The molecule has 3 aromatic rings. The van der Waals surface area contributed by atoms with E-state index in [0.29, 0.717) is 18.4 Å². The number of anilines is 1. The highest BCUT2D eigenvalue weighted by Gasteiger charge is 2.39. The fourth-order valence-corrected chi connectivity index (χ4v) is 4.58. The Morgan fingerprint density at radius 3 is 2.57 bits per heavy atom. The van der Waals surface area contributed by atoms with Crippen molar-refractivity contribution in [2.75, 3.05) is 5.32 Å². The van der Waals surface area contributed by atoms with Crippen LogP contribution < -0.4 is 10.1 Å². The lowest BCUT2D eigenvalue weighted by molar-refractivity contribution is -0.384. The minimum absolute atomic E-state index is 0.0692. The lowest BCUT2D eigenvalue weighted by Gasteiger charge is -2.38. The van der Waals surface area contributed by atoms with Gasteiger partial charge in [-0.3, -0.25) is 10.1 Å². The zero-order chi connectivity index (χ0) is 20.5. The number of fused-ring (bicyclic) bond motifs is 3. The van der Waals surface area contributed by atoms with Crippen LogP contribution in [-0.2, 0) is 6.61 Å². The van der Waals surface area contributed by atoms with Crippen LogP contribution in [-0.4, -0.2) is 4.92 Å². The van der Waals surface area contributed by atoms with Crippen LogP contribution in [0.25, 0.3) is 0 Å². The summed E-state index contributed by atoms with van der Waals surface area (Å²) < 4.78 is 6.20. The minimum Gasteiger partial charge on any atom is -0.487 e. The van der Waals surface area contributed by atoms with Crippen molar-refractivity contribution in [3.63, 3.8) is 0 Å². The molecule has 5 nitrogen and oxygen atoms in total. The van der Waals surface area contributed by atoms with Crippen molar-refractivity contribution in [3.8, 4) is 5.75 Å². The highest BCUT2D eigenvalue weighted by Crippen LogP contribution is 2.52. The molecule has 1 heterocycles. The predicted octanol–water partition coefficient (Wildman–Crippen LogP) is 6.00. The molecule has 1 aliphatic heterocycles. The average Bonchev–Trinajstić information content (AvgIpc) is 3.28. The Balaban J connectivity index is 1.47. The molecule has 3 unspecified atom stereocenters. The van der Waals surface area contributed by atoms with Gasteiger partial charge in [0.15, 0.2) is 0 Å². The number of nitro groups is 1. The first-order valence-electron chi connectivity index (χ1n) is 10.2. The maximum atomic E-state index is 11.0. The minimum atomic E-state index is -0.358. The molecule has 5 rings (SSSR count). The van der Waals surface area contributed by atoms with Gasteiger partial charge >= 0.3 is 0 Å². The van der Waals surface area contributed by atoms with E-state index < -0.39 is 0 Å². The Morgan fingerprint density at radius 1 is 1.00 bits per heavy atom. The maximum Gasteiger partial charge on any atom is 0.269 e. The van der Waals surface area contributed by atoms with Crippen LogP contribution in [0.1, 0.15) is 35.1 Å². The smallest absolute Gasteiger partial charge is 0.269 e. The number of nitrogens with one attached hydrogen (secondary N) is 1. The topological polar surface area (TPSA) is 64.4 Å². The first-order chi connectivity index (χ1) is 14.7. The van der Waals surface area contributed by atoms with Gasteiger partial charge in [-0.2, -0.15) is 0 Å². The Hall–Kier alpha value is -3.60. The summed E-state index contributed by atoms with van der Waals surface area (Å²) in [5.41, 5.74) is 4.56. The molecule has 3 atom stereocenters. The van der Waals surface area contributed by atoms with Crippen LogP contribution in [0.4, 0.5) is 11.4 Å². The van der Waals surface area contributed by atoms with E-state index in [1.807, 2.05) is 36.4 Å². The molecular formula is C25H22N2O3. The third-order valence-electron chi connectivity index (χ3n) is 6.06. The van der Waals surface area contributed by atoms with Crippen LogP contribution in [0.2, 0.25) is 0 Å². The second-order valence-electron chi connectivity index (χ2n) is 7.82. The summed E-state index contributed by atoms with van der Waals surface area (Å²) in [5.74, 6) is 1.52. The second-order valence-corrected chi connectivity index (χ2v) is 7.82. The first-order valence-corrected chi connectivity index (χ1v) is 10.2. The molecule has 150 valence electrons. The van der Waals surface area contributed by atoms with Crippen LogP contribution in [0.15, 0.2) is 84.9 Å². The van der Waals surface area contributed by atoms with Crippen LogP contribution >= 0.6 is 0 Å². The number of non-ortho nitro benzene ring substituents is 1. The molecule has 0 saturated carbocycles. The zero-order valence-electron chi connectivity index (χ0n) is 16.4. The molecule has 0 spiro atoms. The third kappa shape index (κ3) is 3.32. The fourth-order valence-electron chi connectivity index (χ4n) is 4.58. The number of nitro benzene ring substituents is 1. The molecule has 0 aromatic heterocycles. The fraction of sp³-hybridized carbons (Fsp3) is 0.200. The standard InChI is InChI=1S/C25H22N2O3/c28-27(29)19-14-12-18(13-15-19)24-21-9-4-8-20(21)22-10-5-11-23(25(22)26-24)30-16-17-6-2-1-3-7-17/h1-8,10-15,20-21,24,26H,9,16H2. The Morgan fingerprint density at radius 2 is 1.80 bits per heavy atom. The summed E-state index contributed by atoms with van der Waals surface area (Å²) in [7, 11) is 0. The van der Waals surface area contributed by atoms with Crippen molar-refractivity contribution in [1.82, 2.24) is 0 Å². The quantitative estimate of drug-likeness (QED) is 0.325. The van der Waals surface area contributed by atoms with Gasteiger partial charge in [0.1, 0.15) is 12.4 Å². The summed E-state index contributed by atoms with van der Waals surface area (Å²) >= 11 is 0. The van der Waals surface area contributed by atoms with E-state index in [-0.39, 0.29) is 16.7 Å². The average molecular weight is 398 g/mol. The molecule has 0 fully saturated rings. The van der Waals surface area contributed by atoms with Crippen molar-refractivity contribution in [3.05, 3.63) is 112 Å². The Labute approximate surface area is 175 Å². The highest BCUT2D eigenvalue weighted by atomic mass is 16.6. The van der Waals surface area contributed by atoms with Gasteiger partial charge in [0.2, 0.25) is 0 Å². The summed E-state index contributed by atoms with van der Waals surface area (Å²) in [6.45, 7) is 0.505. The second kappa shape index (κ2) is 7.67. The summed E-state index contributed by atoms with van der Waals surface area (Å²) in [4.78, 5) is 10.7. The molecule has 1 N–H and O–H groups in total. The number of ether oxygens (including phenoxy) is 1. The van der Waals surface area contributed by atoms with Gasteiger partial charge in [0.25, 0.3) is 5.69 Å². The number of hydrogen-bond acceptors (Lipinski definition) is 4. The van der Waals surface area contributed by atoms with Crippen molar-refractivity contribution >= 4 is 11.4 Å².